The van der Waals surface area contributed by atoms with Gasteiger partial charge >= 0.3 is 0 Å². The number of imidazole rings is 1. The minimum absolute atomic E-state index is 0.0532. The van der Waals surface area contributed by atoms with Gasteiger partial charge in [-0.05, 0) is 86.3 Å². The van der Waals surface area contributed by atoms with E-state index < -0.39 is 0 Å². The number of benzene rings is 5. The molecule has 0 saturated heterocycles. The molecular formula is C38H36N2. The van der Waals surface area contributed by atoms with Gasteiger partial charge in [0.05, 0.1) is 16.7 Å². The molecular weight excluding hydrogens is 484 g/mol. The van der Waals surface area contributed by atoms with Crippen LogP contribution in [0.3, 0.4) is 0 Å². The maximum absolute atomic E-state index is 5.29. The number of nitrogens with zero attached hydrogens (tertiary/aromatic N) is 2. The van der Waals surface area contributed by atoms with Crippen LogP contribution in [0.2, 0.25) is 0 Å². The number of hydrogen-bond acceptors (Lipinski definition) is 1. The van der Waals surface area contributed by atoms with Gasteiger partial charge < -0.3 is 0 Å². The van der Waals surface area contributed by atoms with Crippen molar-refractivity contribution in [2.75, 3.05) is 0 Å². The second-order valence-electron chi connectivity index (χ2n) is 12.5. The molecule has 0 fully saturated rings. The SMILES string of the molecule is CC(C)c1cccc(C(C)C)c1-n1c(-c2ccc3c(c2)-c2cc4ccccc4cc2C3(C)C)nc2ccccc21. The highest BCUT2D eigenvalue weighted by Gasteiger charge is 2.36. The molecule has 0 bridgehead atoms. The number of hydrogen-bond donors (Lipinski definition) is 0. The largest absolute Gasteiger partial charge is 0.292 e. The van der Waals surface area contributed by atoms with Crippen LogP contribution in [-0.2, 0) is 5.41 Å². The lowest BCUT2D eigenvalue weighted by Gasteiger charge is -2.23. The van der Waals surface area contributed by atoms with Crippen LogP contribution >= 0.6 is 0 Å². The van der Waals surface area contributed by atoms with Crippen molar-refractivity contribution in [3.05, 3.63) is 119 Å². The molecule has 0 amide bonds. The summed E-state index contributed by atoms with van der Waals surface area (Å²) in [5.41, 5.74) is 12.7. The standard InChI is InChI=1S/C38H36N2/c1-23(2)28-14-11-15-29(24(3)4)36(28)40-35-17-10-9-16-34(35)39-37(40)27-18-19-32-30(21-27)31-20-25-12-7-8-13-26(25)22-33(31)38(32,5)6/h7-24H,1-6H3. The van der Waals surface area contributed by atoms with E-state index in [0.717, 1.165) is 22.4 Å². The average molecular weight is 521 g/mol. The van der Waals surface area contributed by atoms with Crippen LogP contribution in [0.5, 0.6) is 0 Å². The molecule has 2 nitrogen and oxygen atoms in total. The third-order valence-electron chi connectivity index (χ3n) is 8.93. The predicted molar refractivity (Wildman–Crippen MR) is 170 cm³/mol. The molecule has 0 saturated carbocycles. The third-order valence-corrected chi connectivity index (χ3v) is 8.93. The lowest BCUT2D eigenvalue weighted by Crippen LogP contribution is -2.15. The monoisotopic (exact) mass is 520 g/mol. The van der Waals surface area contributed by atoms with Crippen LogP contribution in [0.1, 0.15) is 75.6 Å². The molecule has 6 aromatic rings. The van der Waals surface area contributed by atoms with E-state index in [1.54, 1.807) is 0 Å². The van der Waals surface area contributed by atoms with Crippen molar-refractivity contribution in [2.45, 2.75) is 58.8 Å². The summed E-state index contributed by atoms with van der Waals surface area (Å²) in [5, 5.41) is 2.59. The van der Waals surface area contributed by atoms with Crippen molar-refractivity contribution in [1.29, 1.82) is 0 Å². The summed E-state index contributed by atoms with van der Waals surface area (Å²) in [4.78, 5) is 5.29. The van der Waals surface area contributed by atoms with Crippen molar-refractivity contribution in [1.82, 2.24) is 9.55 Å². The first-order valence-electron chi connectivity index (χ1n) is 14.5. The van der Waals surface area contributed by atoms with Crippen molar-refractivity contribution in [3.8, 4) is 28.2 Å². The fraction of sp³-hybridized carbons (Fsp3) is 0.237. The summed E-state index contributed by atoms with van der Waals surface area (Å²) in [7, 11) is 0. The van der Waals surface area contributed by atoms with Gasteiger partial charge in [0.25, 0.3) is 0 Å². The molecule has 7 rings (SSSR count). The Balaban J connectivity index is 1.53. The first-order valence-corrected chi connectivity index (χ1v) is 14.5. The normalized spacial score (nSPS) is 13.9. The van der Waals surface area contributed by atoms with Crippen molar-refractivity contribution in [2.24, 2.45) is 0 Å². The van der Waals surface area contributed by atoms with E-state index in [9.17, 15) is 0 Å². The molecule has 0 radical (unpaired) electrons. The predicted octanol–water partition coefficient (Wildman–Crippen LogP) is 10.4. The van der Waals surface area contributed by atoms with Gasteiger partial charge in [-0.2, -0.15) is 0 Å². The zero-order valence-corrected chi connectivity index (χ0v) is 24.3. The Hall–Kier alpha value is -4.17. The van der Waals surface area contributed by atoms with E-state index in [4.69, 9.17) is 4.98 Å². The molecule has 1 heterocycles. The molecule has 40 heavy (non-hydrogen) atoms. The third kappa shape index (κ3) is 3.59. The molecule has 1 aromatic heterocycles. The Labute approximate surface area is 237 Å². The number of aromatic nitrogens is 2. The molecule has 1 aliphatic carbocycles. The molecule has 0 spiro atoms. The topological polar surface area (TPSA) is 17.8 Å². The molecule has 5 aromatic carbocycles. The van der Waals surface area contributed by atoms with Gasteiger partial charge in [0.15, 0.2) is 0 Å². The maximum Gasteiger partial charge on any atom is 0.145 e. The molecule has 2 heteroatoms. The number of rotatable bonds is 4. The Morgan fingerprint density at radius 3 is 1.95 bits per heavy atom. The van der Waals surface area contributed by atoms with Gasteiger partial charge in [-0.15, -0.1) is 0 Å². The zero-order chi connectivity index (χ0) is 27.8. The average Bonchev–Trinajstić information content (AvgIpc) is 3.44. The Bertz CT molecular complexity index is 1910. The van der Waals surface area contributed by atoms with Crippen LogP contribution in [0, 0.1) is 0 Å². The summed E-state index contributed by atoms with van der Waals surface area (Å²) in [6, 6.07) is 35.9. The van der Waals surface area contributed by atoms with Crippen LogP contribution in [-0.4, -0.2) is 9.55 Å². The minimum Gasteiger partial charge on any atom is -0.292 e. The van der Waals surface area contributed by atoms with Crippen LogP contribution < -0.4 is 0 Å². The van der Waals surface area contributed by atoms with Gasteiger partial charge in [0, 0.05) is 11.0 Å². The highest BCUT2D eigenvalue weighted by molar-refractivity contribution is 5.95. The van der Waals surface area contributed by atoms with E-state index in [2.05, 4.69) is 143 Å². The van der Waals surface area contributed by atoms with Gasteiger partial charge in [0.1, 0.15) is 5.82 Å². The molecule has 0 unspecified atom stereocenters. The van der Waals surface area contributed by atoms with E-state index >= 15 is 0 Å². The smallest absolute Gasteiger partial charge is 0.145 e. The van der Waals surface area contributed by atoms with Crippen molar-refractivity contribution < 1.29 is 0 Å². The van der Waals surface area contributed by atoms with Gasteiger partial charge in [-0.3, -0.25) is 4.57 Å². The molecule has 198 valence electrons. The molecule has 0 aliphatic heterocycles. The second-order valence-corrected chi connectivity index (χ2v) is 12.5. The summed E-state index contributed by atoms with van der Waals surface area (Å²) in [6.45, 7) is 13.9. The summed E-state index contributed by atoms with van der Waals surface area (Å²) in [5.74, 6) is 1.79. The fourth-order valence-corrected chi connectivity index (χ4v) is 6.79. The van der Waals surface area contributed by atoms with Crippen molar-refractivity contribution >= 4 is 21.8 Å². The van der Waals surface area contributed by atoms with Crippen LogP contribution in [0.15, 0.2) is 97.1 Å². The molecule has 0 atom stereocenters. The lowest BCUT2D eigenvalue weighted by molar-refractivity contribution is 0.661. The quantitative estimate of drug-likeness (QED) is 0.226. The summed E-state index contributed by atoms with van der Waals surface area (Å²) >= 11 is 0. The Kier molecular flexibility index (Phi) is 5.54. The maximum atomic E-state index is 5.29. The fourth-order valence-electron chi connectivity index (χ4n) is 6.79. The van der Waals surface area contributed by atoms with E-state index in [1.807, 2.05) is 0 Å². The Morgan fingerprint density at radius 1 is 0.625 bits per heavy atom. The minimum atomic E-state index is -0.0532. The van der Waals surface area contributed by atoms with E-state index in [0.29, 0.717) is 11.8 Å². The van der Waals surface area contributed by atoms with Gasteiger partial charge in [-0.1, -0.05) is 108 Å². The first-order chi connectivity index (χ1) is 19.3. The van der Waals surface area contributed by atoms with Gasteiger partial charge in [0.2, 0.25) is 0 Å². The Morgan fingerprint density at radius 2 is 1.25 bits per heavy atom. The zero-order valence-electron chi connectivity index (χ0n) is 24.3. The summed E-state index contributed by atoms with van der Waals surface area (Å²) < 4.78 is 2.43. The second kappa shape index (κ2) is 8.93. The number of fused-ring (bicyclic) bond motifs is 5. The first kappa shape index (κ1) is 24.8. The number of para-hydroxylation sites is 3. The van der Waals surface area contributed by atoms with Crippen LogP contribution in [0.25, 0.3) is 50.0 Å². The lowest BCUT2D eigenvalue weighted by atomic mass is 9.82. The van der Waals surface area contributed by atoms with Gasteiger partial charge in [-0.25, -0.2) is 4.98 Å². The molecule has 0 N–H and O–H groups in total. The summed E-state index contributed by atoms with van der Waals surface area (Å²) in [6.07, 6.45) is 0. The van der Waals surface area contributed by atoms with E-state index in [1.165, 1.54) is 49.8 Å². The molecule has 1 aliphatic rings. The van der Waals surface area contributed by atoms with Crippen LogP contribution in [0.4, 0.5) is 0 Å². The van der Waals surface area contributed by atoms with E-state index in [-0.39, 0.29) is 5.41 Å². The highest BCUT2D eigenvalue weighted by atomic mass is 15.1. The highest BCUT2D eigenvalue weighted by Crippen LogP contribution is 2.51. The van der Waals surface area contributed by atoms with Crippen molar-refractivity contribution in [3.63, 3.8) is 0 Å².